The highest BCUT2D eigenvalue weighted by molar-refractivity contribution is 9.10. The molecular weight excluding hydrogens is 272 g/mol. The van der Waals surface area contributed by atoms with Crippen LogP contribution in [-0.4, -0.2) is 21.3 Å². The van der Waals surface area contributed by atoms with Gasteiger partial charge in [0.1, 0.15) is 5.82 Å². The van der Waals surface area contributed by atoms with E-state index in [0.717, 1.165) is 10.2 Å². The molecule has 5 nitrogen and oxygen atoms in total. The molecule has 0 atom stereocenters. The molecule has 0 aliphatic rings. The molecule has 0 radical (unpaired) electrons. The summed E-state index contributed by atoms with van der Waals surface area (Å²) in [6, 6.07) is 7.39. The molecular formula is C10H11BrN4O. The number of aromatic nitrogens is 3. The van der Waals surface area contributed by atoms with Crippen molar-refractivity contribution in [3.8, 4) is 5.69 Å². The lowest BCUT2D eigenvalue weighted by Gasteiger charge is -1.99. The molecule has 2 aromatic rings. The van der Waals surface area contributed by atoms with Crippen molar-refractivity contribution >= 4 is 15.9 Å². The van der Waals surface area contributed by atoms with E-state index >= 15 is 0 Å². The topological polar surface area (TPSA) is 76.7 Å². The Kier molecular flexibility index (Phi) is 3.21. The van der Waals surface area contributed by atoms with Crippen LogP contribution >= 0.6 is 15.9 Å². The zero-order valence-electron chi connectivity index (χ0n) is 8.48. The van der Waals surface area contributed by atoms with Gasteiger partial charge in [0.05, 0.1) is 5.69 Å². The summed E-state index contributed by atoms with van der Waals surface area (Å²) in [5, 5.41) is 4.16. The van der Waals surface area contributed by atoms with Crippen LogP contribution in [0.3, 0.4) is 0 Å². The van der Waals surface area contributed by atoms with Crippen LogP contribution in [0.25, 0.3) is 5.69 Å². The third-order valence-electron chi connectivity index (χ3n) is 2.10. The Bertz CT molecular complexity index is 546. The number of nitrogens with two attached hydrogens (primary N) is 1. The van der Waals surface area contributed by atoms with Gasteiger partial charge < -0.3 is 5.73 Å². The number of benzene rings is 1. The lowest BCUT2D eigenvalue weighted by molar-refractivity contribution is 0.804. The molecule has 3 N–H and O–H groups in total. The minimum Gasteiger partial charge on any atom is -0.330 e. The van der Waals surface area contributed by atoms with E-state index in [1.807, 2.05) is 24.3 Å². The van der Waals surface area contributed by atoms with Crippen LogP contribution < -0.4 is 11.4 Å². The molecule has 0 aliphatic heterocycles. The van der Waals surface area contributed by atoms with Crippen LogP contribution in [0.2, 0.25) is 0 Å². The monoisotopic (exact) mass is 282 g/mol. The van der Waals surface area contributed by atoms with E-state index in [1.54, 1.807) is 0 Å². The quantitative estimate of drug-likeness (QED) is 0.875. The number of H-pyrrole nitrogens is 1. The third kappa shape index (κ3) is 2.23. The van der Waals surface area contributed by atoms with Crippen molar-refractivity contribution in [3.05, 3.63) is 45.0 Å². The molecule has 0 spiro atoms. The van der Waals surface area contributed by atoms with Gasteiger partial charge in [-0.2, -0.15) is 9.78 Å². The molecule has 0 aliphatic carbocycles. The highest BCUT2D eigenvalue weighted by Gasteiger charge is 2.06. The van der Waals surface area contributed by atoms with Gasteiger partial charge in [-0.15, -0.1) is 0 Å². The van der Waals surface area contributed by atoms with Gasteiger partial charge in [-0.05, 0) is 24.7 Å². The number of halogens is 1. The first-order valence-corrected chi connectivity index (χ1v) is 5.64. The van der Waals surface area contributed by atoms with Crippen molar-refractivity contribution in [1.82, 2.24) is 14.8 Å². The first-order chi connectivity index (χ1) is 7.70. The largest absolute Gasteiger partial charge is 0.348 e. The van der Waals surface area contributed by atoms with Crippen molar-refractivity contribution in [2.24, 2.45) is 5.73 Å². The summed E-state index contributed by atoms with van der Waals surface area (Å²) in [5.74, 6) is 0.604. The Balaban J connectivity index is 2.44. The Labute approximate surface area is 100 Å². The predicted molar refractivity (Wildman–Crippen MR) is 64.6 cm³/mol. The number of aromatic amines is 1. The molecule has 0 fully saturated rings. The summed E-state index contributed by atoms with van der Waals surface area (Å²) in [6.07, 6.45) is 0.566. The van der Waals surface area contributed by atoms with Gasteiger partial charge in [0.2, 0.25) is 0 Å². The molecule has 2 rings (SSSR count). The molecule has 6 heteroatoms. The van der Waals surface area contributed by atoms with Crippen LogP contribution in [0, 0.1) is 0 Å². The standard InChI is InChI=1S/C10H11BrN4O/c11-7-2-1-3-8(6-7)15-10(16)13-9(14-15)4-5-12/h1-3,6H,4-5,12H2,(H,13,14,16). The molecule has 0 saturated heterocycles. The van der Waals surface area contributed by atoms with Gasteiger partial charge in [-0.25, -0.2) is 4.79 Å². The second kappa shape index (κ2) is 4.63. The molecule has 0 unspecified atom stereocenters. The van der Waals surface area contributed by atoms with E-state index in [1.165, 1.54) is 4.68 Å². The summed E-state index contributed by atoms with van der Waals surface area (Å²) in [4.78, 5) is 14.3. The summed E-state index contributed by atoms with van der Waals surface area (Å²) in [5.41, 5.74) is 5.88. The summed E-state index contributed by atoms with van der Waals surface area (Å²) in [6.45, 7) is 0.464. The van der Waals surface area contributed by atoms with Crippen LogP contribution in [0.5, 0.6) is 0 Å². The summed E-state index contributed by atoms with van der Waals surface area (Å²) >= 11 is 3.35. The van der Waals surface area contributed by atoms with Crippen LogP contribution in [-0.2, 0) is 6.42 Å². The lowest BCUT2D eigenvalue weighted by Crippen LogP contribution is -2.15. The molecule has 16 heavy (non-hydrogen) atoms. The Morgan fingerprint density at radius 3 is 3.00 bits per heavy atom. The van der Waals surface area contributed by atoms with Gasteiger partial charge in [0.25, 0.3) is 0 Å². The number of nitrogens with one attached hydrogen (secondary N) is 1. The van der Waals surface area contributed by atoms with Crippen molar-refractivity contribution < 1.29 is 0 Å². The normalized spacial score (nSPS) is 10.6. The molecule has 0 bridgehead atoms. The number of rotatable bonds is 3. The molecule has 0 saturated carbocycles. The van der Waals surface area contributed by atoms with Crippen LogP contribution in [0.4, 0.5) is 0 Å². The SMILES string of the molecule is NCCc1nn(-c2cccc(Br)c2)c(=O)[nH]1. The molecule has 1 heterocycles. The van der Waals surface area contributed by atoms with E-state index in [0.29, 0.717) is 18.8 Å². The smallest absolute Gasteiger partial charge is 0.330 e. The minimum absolute atomic E-state index is 0.249. The first-order valence-electron chi connectivity index (χ1n) is 4.85. The van der Waals surface area contributed by atoms with E-state index in [2.05, 4.69) is 26.0 Å². The van der Waals surface area contributed by atoms with E-state index in [-0.39, 0.29) is 5.69 Å². The van der Waals surface area contributed by atoms with Gasteiger partial charge in [-0.1, -0.05) is 22.0 Å². The number of nitrogens with zero attached hydrogens (tertiary/aromatic N) is 2. The van der Waals surface area contributed by atoms with Gasteiger partial charge in [0.15, 0.2) is 0 Å². The number of hydrogen-bond donors (Lipinski definition) is 2. The van der Waals surface area contributed by atoms with Crippen molar-refractivity contribution in [3.63, 3.8) is 0 Å². The highest BCUT2D eigenvalue weighted by atomic mass is 79.9. The van der Waals surface area contributed by atoms with Crippen LogP contribution in [0.1, 0.15) is 5.82 Å². The van der Waals surface area contributed by atoms with Gasteiger partial charge in [0, 0.05) is 10.9 Å². The zero-order valence-corrected chi connectivity index (χ0v) is 10.1. The van der Waals surface area contributed by atoms with Gasteiger partial charge in [-0.3, -0.25) is 4.98 Å². The van der Waals surface area contributed by atoms with Crippen molar-refractivity contribution in [2.45, 2.75) is 6.42 Å². The average molecular weight is 283 g/mol. The van der Waals surface area contributed by atoms with E-state index in [9.17, 15) is 4.79 Å². The molecule has 1 aromatic carbocycles. The summed E-state index contributed by atoms with van der Waals surface area (Å²) < 4.78 is 2.23. The maximum Gasteiger partial charge on any atom is 0.348 e. The molecule has 1 aromatic heterocycles. The lowest BCUT2D eigenvalue weighted by atomic mass is 10.3. The second-order valence-corrected chi connectivity index (χ2v) is 4.22. The molecule has 84 valence electrons. The Morgan fingerprint density at radius 2 is 2.31 bits per heavy atom. The highest BCUT2D eigenvalue weighted by Crippen LogP contribution is 2.13. The predicted octanol–water partition coefficient (Wildman–Crippen LogP) is 0.824. The van der Waals surface area contributed by atoms with Crippen molar-refractivity contribution in [2.75, 3.05) is 6.54 Å². The Hall–Kier alpha value is -1.40. The van der Waals surface area contributed by atoms with E-state index in [4.69, 9.17) is 5.73 Å². The van der Waals surface area contributed by atoms with Gasteiger partial charge >= 0.3 is 5.69 Å². The number of hydrogen-bond acceptors (Lipinski definition) is 3. The maximum atomic E-state index is 11.6. The second-order valence-electron chi connectivity index (χ2n) is 3.31. The summed E-state index contributed by atoms with van der Waals surface area (Å²) in [7, 11) is 0. The van der Waals surface area contributed by atoms with E-state index < -0.39 is 0 Å². The van der Waals surface area contributed by atoms with Crippen LogP contribution in [0.15, 0.2) is 33.5 Å². The molecule has 0 amide bonds. The fourth-order valence-electron chi connectivity index (χ4n) is 1.40. The Morgan fingerprint density at radius 1 is 1.50 bits per heavy atom. The third-order valence-corrected chi connectivity index (χ3v) is 2.59. The first kappa shape index (κ1) is 11.1. The average Bonchev–Trinajstić information content (AvgIpc) is 2.60. The van der Waals surface area contributed by atoms with Crippen molar-refractivity contribution in [1.29, 1.82) is 0 Å². The fourth-order valence-corrected chi connectivity index (χ4v) is 1.79. The minimum atomic E-state index is -0.249. The maximum absolute atomic E-state index is 11.6. The fraction of sp³-hybridized carbons (Fsp3) is 0.200. The zero-order chi connectivity index (χ0) is 11.5.